The summed E-state index contributed by atoms with van der Waals surface area (Å²) < 4.78 is 0. The average Bonchev–Trinajstić information content (AvgIpc) is 3.03. The standard InChI is InChI=1S/C15H18N2O2S2/c1-9(2)8-12-13(11(19)5-4-10(3)18)17-15(21-12)14-16-6-7-20-14/h6-7,9H,4-5,8H2,1-3H3. The van der Waals surface area contributed by atoms with Crippen molar-refractivity contribution < 1.29 is 9.59 Å². The van der Waals surface area contributed by atoms with Crippen LogP contribution in [0.4, 0.5) is 0 Å². The van der Waals surface area contributed by atoms with E-state index in [1.54, 1.807) is 6.20 Å². The summed E-state index contributed by atoms with van der Waals surface area (Å²) in [7, 11) is 0. The number of carbonyl (C=O) groups is 2. The lowest BCUT2D eigenvalue weighted by molar-refractivity contribution is -0.116. The Balaban J connectivity index is 2.28. The molecule has 112 valence electrons. The van der Waals surface area contributed by atoms with Crippen LogP contribution in [0.2, 0.25) is 0 Å². The van der Waals surface area contributed by atoms with Crippen molar-refractivity contribution in [2.45, 2.75) is 40.0 Å². The zero-order valence-electron chi connectivity index (χ0n) is 12.4. The number of ketones is 2. The number of hydrogen-bond acceptors (Lipinski definition) is 6. The zero-order valence-corrected chi connectivity index (χ0v) is 14.0. The molecule has 2 heterocycles. The van der Waals surface area contributed by atoms with Gasteiger partial charge < -0.3 is 4.79 Å². The highest BCUT2D eigenvalue weighted by atomic mass is 32.1. The minimum Gasteiger partial charge on any atom is -0.300 e. The van der Waals surface area contributed by atoms with Crippen LogP contribution in [0.25, 0.3) is 10.0 Å². The van der Waals surface area contributed by atoms with Gasteiger partial charge in [0.2, 0.25) is 0 Å². The summed E-state index contributed by atoms with van der Waals surface area (Å²) in [4.78, 5) is 33.1. The first-order valence-electron chi connectivity index (χ1n) is 6.89. The minimum atomic E-state index is -0.0418. The van der Waals surface area contributed by atoms with E-state index >= 15 is 0 Å². The Morgan fingerprint density at radius 3 is 2.57 bits per heavy atom. The van der Waals surface area contributed by atoms with Crippen molar-refractivity contribution in [1.82, 2.24) is 9.97 Å². The maximum atomic E-state index is 12.3. The van der Waals surface area contributed by atoms with E-state index in [0.717, 1.165) is 21.3 Å². The summed E-state index contributed by atoms with van der Waals surface area (Å²) in [6.07, 6.45) is 3.08. The molecule has 0 unspecified atom stereocenters. The highest BCUT2D eigenvalue weighted by Crippen LogP contribution is 2.31. The summed E-state index contributed by atoms with van der Waals surface area (Å²) in [5.41, 5.74) is 0.528. The molecule has 0 atom stereocenters. The molecule has 0 N–H and O–H groups in total. The Hall–Kier alpha value is -1.40. The van der Waals surface area contributed by atoms with Crippen LogP contribution < -0.4 is 0 Å². The van der Waals surface area contributed by atoms with Crippen LogP contribution >= 0.6 is 22.7 Å². The molecule has 6 heteroatoms. The molecule has 0 aliphatic carbocycles. The fourth-order valence-electron chi connectivity index (χ4n) is 1.91. The highest BCUT2D eigenvalue weighted by molar-refractivity contribution is 7.20. The van der Waals surface area contributed by atoms with Gasteiger partial charge in [-0.3, -0.25) is 4.79 Å². The van der Waals surface area contributed by atoms with Gasteiger partial charge in [0.25, 0.3) is 0 Å². The third kappa shape index (κ3) is 4.28. The first kappa shape index (κ1) is 16.0. The van der Waals surface area contributed by atoms with Gasteiger partial charge in [0, 0.05) is 29.3 Å². The van der Waals surface area contributed by atoms with Gasteiger partial charge in [0.05, 0.1) is 0 Å². The Morgan fingerprint density at radius 2 is 2.00 bits per heavy atom. The highest BCUT2D eigenvalue weighted by Gasteiger charge is 2.20. The SMILES string of the molecule is CC(=O)CCC(=O)c1nc(-c2nccs2)sc1CC(C)C. The molecule has 2 aromatic heterocycles. The van der Waals surface area contributed by atoms with Gasteiger partial charge in [-0.15, -0.1) is 22.7 Å². The number of hydrogen-bond donors (Lipinski definition) is 0. The Bertz CT molecular complexity index is 630. The van der Waals surface area contributed by atoms with Crippen LogP contribution in [0, 0.1) is 5.92 Å². The fourth-order valence-corrected chi connectivity index (χ4v) is 3.88. The quantitative estimate of drug-likeness (QED) is 0.722. The van der Waals surface area contributed by atoms with E-state index in [1.165, 1.54) is 29.6 Å². The Kier molecular flexibility index (Phi) is 5.36. The van der Waals surface area contributed by atoms with E-state index in [-0.39, 0.29) is 24.4 Å². The Morgan fingerprint density at radius 1 is 1.24 bits per heavy atom. The predicted molar refractivity (Wildman–Crippen MR) is 86.0 cm³/mol. The van der Waals surface area contributed by atoms with Gasteiger partial charge in [-0.25, -0.2) is 9.97 Å². The summed E-state index contributed by atoms with van der Waals surface area (Å²) >= 11 is 3.06. The number of rotatable bonds is 7. The van der Waals surface area contributed by atoms with Gasteiger partial charge in [0.1, 0.15) is 11.5 Å². The van der Waals surface area contributed by atoms with Crippen LogP contribution in [0.1, 0.15) is 49.0 Å². The number of aromatic nitrogens is 2. The van der Waals surface area contributed by atoms with Crippen LogP contribution in [0.3, 0.4) is 0 Å². The van der Waals surface area contributed by atoms with Crippen molar-refractivity contribution in [3.8, 4) is 10.0 Å². The number of thiazole rings is 2. The molecule has 21 heavy (non-hydrogen) atoms. The molecule has 4 nitrogen and oxygen atoms in total. The smallest absolute Gasteiger partial charge is 0.182 e. The first-order valence-corrected chi connectivity index (χ1v) is 8.59. The first-order chi connectivity index (χ1) is 9.97. The van der Waals surface area contributed by atoms with Crippen molar-refractivity contribution in [1.29, 1.82) is 0 Å². The average molecular weight is 322 g/mol. The van der Waals surface area contributed by atoms with E-state index in [4.69, 9.17) is 0 Å². The minimum absolute atomic E-state index is 0.0316. The molecule has 0 spiro atoms. The van der Waals surface area contributed by atoms with Crippen LogP contribution in [0.15, 0.2) is 11.6 Å². The van der Waals surface area contributed by atoms with Crippen LogP contribution in [-0.2, 0) is 11.2 Å². The lowest BCUT2D eigenvalue weighted by Crippen LogP contribution is -2.06. The van der Waals surface area contributed by atoms with Crippen LogP contribution in [0.5, 0.6) is 0 Å². The molecule has 2 aromatic rings. The second-order valence-corrected chi connectivity index (χ2v) is 7.33. The monoisotopic (exact) mass is 322 g/mol. The lowest BCUT2D eigenvalue weighted by Gasteiger charge is -2.03. The predicted octanol–water partition coefficient (Wildman–Crippen LogP) is 4.02. The second-order valence-electron chi connectivity index (χ2n) is 5.35. The lowest BCUT2D eigenvalue weighted by atomic mass is 10.0. The normalized spacial score (nSPS) is 11.0. The molecule has 0 saturated heterocycles. The van der Waals surface area contributed by atoms with Crippen molar-refractivity contribution in [3.05, 3.63) is 22.1 Å². The van der Waals surface area contributed by atoms with E-state index in [2.05, 4.69) is 23.8 Å². The second kappa shape index (κ2) is 7.04. The molecule has 0 amide bonds. The number of Topliss-reactive ketones (excluding diaryl/α,β-unsaturated/α-hetero) is 2. The zero-order chi connectivity index (χ0) is 15.4. The molecule has 2 rings (SSSR count). The molecule has 0 bridgehead atoms. The summed E-state index contributed by atoms with van der Waals surface area (Å²) in [6.45, 7) is 5.74. The van der Waals surface area contributed by atoms with E-state index in [1.807, 2.05) is 5.38 Å². The van der Waals surface area contributed by atoms with Gasteiger partial charge in [-0.2, -0.15) is 0 Å². The van der Waals surface area contributed by atoms with Gasteiger partial charge in [-0.05, 0) is 19.3 Å². The summed E-state index contributed by atoms with van der Waals surface area (Å²) in [5.74, 6) is 0.443. The van der Waals surface area contributed by atoms with Gasteiger partial charge >= 0.3 is 0 Å². The molecule has 0 radical (unpaired) electrons. The largest absolute Gasteiger partial charge is 0.300 e. The van der Waals surface area contributed by atoms with Crippen molar-refractivity contribution in [2.24, 2.45) is 5.92 Å². The summed E-state index contributed by atoms with van der Waals surface area (Å²) in [5, 5.41) is 3.54. The maximum absolute atomic E-state index is 12.3. The third-order valence-electron chi connectivity index (χ3n) is 2.87. The van der Waals surface area contributed by atoms with Crippen molar-refractivity contribution in [2.75, 3.05) is 0 Å². The van der Waals surface area contributed by atoms with Gasteiger partial charge in [-0.1, -0.05) is 13.8 Å². The molecular formula is C15H18N2O2S2. The molecule has 0 aliphatic rings. The third-order valence-corrected chi connectivity index (χ3v) is 4.87. The maximum Gasteiger partial charge on any atom is 0.182 e. The van der Waals surface area contributed by atoms with Gasteiger partial charge in [0.15, 0.2) is 15.8 Å². The molecule has 0 saturated carbocycles. The van der Waals surface area contributed by atoms with Crippen molar-refractivity contribution >= 4 is 34.2 Å². The molecule has 0 aliphatic heterocycles. The number of nitrogens with zero attached hydrogens (tertiary/aromatic N) is 2. The van der Waals surface area contributed by atoms with Crippen LogP contribution in [-0.4, -0.2) is 21.5 Å². The van der Waals surface area contributed by atoms with E-state index < -0.39 is 0 Å². The van der Waals surface area contributed by atoms with E-state index in [9.17, 15) is 9.59 Å². The fraction of sp³-hybridized carbons (Fsp3) is 0.467. The molecular weight excluding hydrogens is 304 g/mol. The van der Waals surface area contributed by atoms with Crippen molar-refractivity contribution in [3.63, 3.8) is 0 Å². The van der Waals surface area contributed by atoms with E-state index in [0.29, 0.717) is 11.6 Å². The molecule has 0 fully saturated rings. The molecule has 0 aromatic carbocycles. The summed E-state index contributed by atoms with van der Waals surface area (Å²) in [6, 6.07) is 0. The Labute approximate surface area is 132 Å². The topological polar surface area (TPSA) is 59.9 Å². The number of carbonyl (C=O) groups excluding carboxylic acids is 2.